The molecule has 0 atom stereocenters. The van der Waals surface area contributed by atoms with Crippen LogP contribution >= 0.6 is 11.8 Å². The van der Waals surface area contributed by atoms with Gasteiger partial charge in [-0.05, 0) is 86.0 Å². The Labute approximate surface area is 187 Å². The van der Waals surface area contributed by atoms with Crippen molar-refractivity contribution in [2.75, 3.05) is 4.90 Å². The molecule has 158 valence electrons. The molecule has 0 N–H and O–H groups in total. The third-order valence-electron chi connectivity index (χ3n) is 5.58. The summed E-state index contributed by atoms with van der Waals surface area (Å²) in [6.45, 7) is 6.31. The fraction of sp³-hybridized carbons (Fsp3) is 0.231. The van der Waals surface area contributed by atoms with Crippen molar-refractivity contribution in [1.82, 2.24) is 4.57 Å². The van der Waals surface area contributed by atoms with Crippen LogP contribution in [0.15, 0.2) is 65.6 Å². The average Bonchev–Trinajstić information content (AvgIpc) is 3.21. The molecule has 5 heteroatoms. The maximum atomic E-state index is 12.9. The fourth-order valence-electron chi connectivity index (χ4n) is 3.93. The zero-order valence-electron chi connectivity index (χ0n) is 18.1. The number of amides is 2. The van der Waals surface area contributed by atoms with Crippen LogP contribution in [0.25, 0.3) is 11.8 Å². The molecule has 0 saturated carbocycles. The number of benzene rings is 2. The molecule has 1 saturated heterocycles. The molecular weight excluding hydrogens is 404 g/mol. The van der Waals surface area contributed by atoms with Gasteiger partial charge in [0.05, 0.1) is 10.6 Å². The molecule has 1 aliphatic heterocycles. The largest absolute Gasteiger partial charge is 0.318 e. The van der Waals surface area contributed by atoms with E-state index >= 15 is 0 Å². The summed E-state index contributed by atoms with van der Waals surface area (Å²) in [5, 5.41) is -0.265. The standard InChI is InChI=1S/C26H26N2O2S/c1-4-5-9-20-12-14-23(15-13-20)27-18(2)16-21(19(27)3)17-24-25(29)28(26(30)31-24)22-10-7-6-8-11-22/h6-8,10-17H,4-5,9H2,1-3H3/b24-17+. The molecular formula is C26H26N2O2S. The lowest BCUT2D eigenvalue weighted by molar-refractivity contribution is -0.113. The van der Waals surface area contributed by atoms with E-state index in [1.54, 1.807) is 12.1 Å². The normalized spacial score (nSPS) is 15.3. The van der Waals surface area contributed by atoms with Crippen molar-refractivity contribution in [1.29, 1.82) is 0 Å². The van der Waals surface area contributed by atoms with Crippen LogP contribution in [0.2, 0.25) is 0 Å². The first-order chi connectivity index (χ1) is 15.0. The van der Waals surface area contributed by atoms with E-state index in [4.69, 9.17) is 0 Å². The number of carbonyl (C=O) groups excluding carboxylic acids is 2. The summed E-state index contributed by atoms with van der Waals surface area (Å²) >= 11 is 0.990. The number of aryl methyl sites for hydroxylation is 2. The fourth-order valence-corrected chi connectivity index (χ4v) is 4.76. The van der Waals surface area contributed by atoms with Gasteiger partial charge in [0, 0.05) is 17.1 Å². The molecule has 0 radical (unpaired) electrons. The molecule has 4 nitrogen and oxygen atoms in total. The molecule has 0 bridgehead atoms. The number of para-hydroxylation sites is 1. The molecule has 1 aliphatic rings. The predicted molar refractivity (Wildman–Crippen MR) is 129 cm³/mol. The molecule has 0 spiro atoms. The number of hydrogen-bond donors (Lipinski definition) is 0. The minimum absolute atomic E-state index is 0.265. The molecule has 4 rings (SSSR count). The van der Waals surface area contributed by atoms with Crippen molar-refractivity contribution in [2.24, 2.45) is 0 Å². The Morgan fingerprint density at radius 2 is 1.65 bits per heavy atom. The number of thioether (sulfide) groups is 1. The molecule has 1 aromatic heterocycles. The van der Waals surface area contributed by atoms with E-state index in [2.05, 4.69) is 48.7 Å². The van der Waals surface area contributed by atoms with Gasteiger partial charge in [0.15, 0.2) is 0 Å². The van der Waals surface area contributed by atoms with Crippen molar-refractivity contribution < 1.29 is 9.59 Å². The van der Waals surface area contributed by atoms with E-state index in [-0.39, 0.29) is 11.1 Å². The van der Waals surface area contributed by atoms with Gasteiger partial charge in [-0.1, -0.05) is 43.7 Å². The number of rotatable bonds is 6. The number of unbranched alkanes of at least 4 members (excludes halogenated alkanes) is 1. The number of nitrogens with zero attached hydrogens (tertiary/aromatic N) is 2. The van der Waals surface area contributed by atoms with Crippen LogP contribution in [-0.4, -0.2) is 15.7 Å². The average molecular weight is 431 g/mol. The summed E-state index contributed by atoms with van der Waals surface area (Å²) in [5.41, 5.74) is 6.14. The second-order valence-corrected chi connectivity index (χ2v) is 8.78. The topological polar surface area (TPSA) is 42.3 Å². The molecule has 1 fully saturated rings. The van der Waals surface area contributed by atoms with Gasteiger partial charge in [-0.3, -0.25) is 9.59 Å². The third-order valence-corrected chi connectivity index (χ3v) is 6.45. The van der Waals surface area contributed by atoms with Crippen LogP contribution < -0.4 is 4.90 Å². The second-order valence-electron chi connectivity index (χ2n) is 7.78. The second kappa shape index (κ2) is 8.98. The summed E-state index contributed by atoms with van der Waals surface area (Å²) in [6.07, 6.45) is 5.32. The van der Waals surface area contributed by atoms with E-state index in [1.807, 2.05) is 31.2 Å². The van der Waals surface area contributed by atoms with Gasteiger partial charge >= 0.3 is 0 Å². The molecule has 3 aromatic rings. The lowest BCUT2D eigenvalue weighted by Crippen LogP contribution is -2.27. The van der Waals surface area contributed by atoms with Crippen LogP contribution in [0.1, 0.15) is 42.3 Å². The van der Waals surface area contributed by atoms with Crippen LogP contribution in [0.4, 0.5) is 10.5 Å². The monoisotopic (exact) mass is 430 g/mol. The summed E-state index contributed by atoms with van der Waals surface area (Å²) in [5.74, 6) is -0.272. The highest BCUT2D eigenvalue weighted by atomic mass is 32.2. The Morgan fingerprint density at radius 1 is 0.935 bits per heavy atom. The SMILES string of the molecule is CCCCc1ccc(-n2c(C)cc(/C=C3/SC(=O)N(c4ccccc4)C3=O)c2C)cc1. The Hall–Kier alpha value is -3.05. The molecule has 31 heavy (non-hydrogen) atoms. The van der Waals surface area contributed by atoms with Crippen molar-refractivity contribution in [3.8, 4) is 5.69 Å². The van der Waals surface area contributed by atoms with E-state index in [9.17, 15) is 9.59 Å². The smallest absolute Gasteiger partial charge is 0.298 e. The van der Waals surface area contributed by atoms with E-state index in [1.165, 1.54) is 23.3 Å². The Morgan fingerprint density at radius 3 is 2.32 bits per heavy atom. The quantitative estimate of drug-likeness (QED) is 0.410. The van der Waals surface area contributed by atoms with Gasteiger partial charge in [-0.2, -0.15) is 0 Å². The van der Waals surface area contributed by atoms with E-state index < -0.39 is 0 Å². The van der Waals surface area contributed by atoms with Crippen molar-refractivity contribution in [3.63, 3.8) is 0 Å². The van der Waals surface area contributed by atoms with Crippen molar-refractivity contribution in [2.45, 2.75) is 40.0 Å². The van der Waals surface area contributed by atoms with Gasteiger partial charge in [-0.25, -0.2) is 4.90 Å². The summed E-state index contributed by atoms with van der Waals surface area (Å²) in [6, 6.07) is 19.8. The highest BCUT2D eigenvalue weighted by Gasteiger charge is 2.36. The molecule has 0 unspecified atom stereocenters. The Bertz CT molecular complexity index is 1140. The highest BCUT2D eigenvalue weighted by molar-refractivity contribution is 8.19. The van der Waals surface area contributed by atoms with Gasteiger partial charge in [0.25, 0.3) is 11.1 Å². The lowest BCUT2D eigenvalue weighted by Gasteiger charge is -2.11. The molecule has 2 aromatic carbocycles. The molecule has 0 aliphatic carbocycles. The lowest BCUT2D eigenvalue weighted by atomic mass is 10.1. The number of imide groups is 1. The maximum Gasteiger partial charge on any atom is 0.298 e. The Balaban J connectivity index is 1.62. The molecule has 2 amide bonds. The van der Waals surface area contributed by atoms with Gasteiger partial charge in [-0.15, -0.1) is 0 Å². The van der Waals surface area contributed by atoms with Crippen molar-refractivity contribution >= 4 is 34.7 Å². The number of hydrogen-bond acceptors (Lipinski definition) is 3. The first-order valence-corrected chi connectivity index (χ1v) is 11.4. The van der Waals surface area contributed by atoms with Crippen LogP contribution in [0, 0.1) is 13.8 Å². The molecule has 2 heterocycles. The third kappa shape index (κ3) is 4.23. The Kier molecular flexibility index (Phi) is 6.14. The predicted octanol–water partition coefficient (Wildman–Crippen LogP) is 6.68. The minimum atomic E-state index is -0.272. The number of carbonyl (C=O) groups is 2. The van der Waals surface area contributed by atoms with Gasteiger partial charge < -0.3 is 4.57 Å². The summed E-state index contributed by atoms with van der Waals surface area (Å²) in [7, 11) is 0. The van der Waals surface area contributed by atoms with Crippen LogP contribution in [-0.2, 0) is 11.2 Å². The zero-order chi connectivity index (χ0) is 22.0. The first-order valence-electron chi connectivity index (χ1n) is 10.6. The van der Waals surface area contributed by atoms with E-state index in [0.29, 0.717) is 10.6 Å². The van der Waals surface area contributed by atoms with Crippen LogP contribution in [0.3, 0.4) is 0 Å². The minimum Gasteiger partial charge on any atom is -0.318 e. The highest BCUT2D eigenvalue weighted by Crippen LogP contribution is 2.36. The van der Waals surface area contributed by atoms with E-state index in [0.717, 1.165) is 40.8 Å². The summed E-state index contributed by atoms with van der Waals surface area (Å²) < 4.78 is 2.19. The number of anilines is 1. The van der Waals surface area contributed by atoms with Gasteiger partial charge in [0.1, 0.15) is 0 Å². The first kappa shape index (κ1) is 21.2. The van der Waals surface area contributed by atoms with Crippen LogP contribution in [0.5, 0.6) is 0 Å². The summed E-state index contributed by atoms with van der Waals surface area (Å²) in [4.78, 5) is 27.1. The van der Waals surface area contributed by atoms with Crippen molar-refractivity contribution in [3.05, 3.63) is 88.1 Å². The van der Waals surface area contributed by atoms with Gasteiger partial charge in [0.2, 0.25) is 0 Å². The zero-order valence-corrected chi connectivity index (χ0v) is 18.9. The number of aromatic nitrogens is 1. The maximum absolute atomic E-state index is 12.9.